The van der Waals surface area contributed by atoms with Crippen molar-refractivity contribution in [3.8, 4) is 0 Å². The summed E-state index contributed by atoms with van der Waals surface area (Å²) in [6, 6.07) is 18.6. The van der Waals surface area contributed by atoms with Crippen LogP contribution in [0.2, 0.25) is 0 Å². The van der Waals surface area contributed by atoms with E-state index < -0.39 is 0 Å². The highest BCUT2D eigenvalue weighted by Crippen LogP contribution is 2.14. The molecule has 2 rings (SSSR count). The molecule has 106 valence electrons. The minimum absolute atomic E-state index is 0.0963. The molecule has 20 heavy (non-hydrogen) atoms. The van der Waals surface area contributed by atoms with E-state index in [1.54, 1.807) is 0 Å². The molecule has 0 unspecified atom stereocenters. The van der Waals surface area contributed by atoms with Crippen LogP contribution in [-0.4, -0.2) is 11.7 Å². The molecule has 0 aliphatic heterocycles. The van der Waals surface area contributed by atoms with Gasteiger partial charge in [-0.15, -0.1) is 0 Å². The van der Waals surface area contributed by atoms with Crippen LogP contribution in [-0.2, 0) is 13.0 Å². The molecule has 2 N–H and O–H groups in total. The van der Waals surface area contributed by atoms with E-state index in [-0.39, 0.29) is 6.61 Å². The van der Waals surface area contributed by atoms with Crippen LogP contribution in [0.1, 0.15) is 24.5 Å². The zero-order valence-corrected chi connectivity index (χ0v) is 12.0. The summed E-state index contributed by atoms with van der Waals surface area (Å²) in [6.45, 7) is 3.33. The second kappa shape index (κ2) is 7.71. The molecule has 0 spiro atoms. The summed E-state index contributed by atoms with van der Waals surface area (Å²) in [5, 5.41) is 12.6. The number of hydrogen-bond acceptors (Lipinski definition) is 2. The molecule has 0 aliphatic carbocycles. The van der Waals surface area contributed by atoms with Crippen molar-refractivity contribution < 1.29 is 5.11 Å². The molecule has 0 amide bonds. The van der Waals surface area contributed by atoms with Gasteiger partial charge in [0, 0.05) is 12.2 Å². The van der Waals surface area contributed by atoms with E-state index in [0.717, 1.165) is 24.2 Å². The van der Waals surface area contributed by atoms with E-state index >= 15 is 0 Å². The third-order valence-corrected chi connectivity index (χ3v) is 3.53. The highest BCUT2D eigenvalue weighted by atomic mass is 16.3. The van der Waals surface area contributed by atoms with Crippen molar-refractivity contribution in [3.05, 3.63) is 65.7 Å². The number of hydrogen-bond donors (Lipinski definition) is 2. The molecule has 0 saturated carbocycles. The van der Waals surface area contributed by atoms with Crippen molar-refractivity contribution in [2.75, 3.05) is 11.9 Å². The maximum Gasteiger partial charge on any atom is 0.0682 e. The van der Waals surface area contributed by atoms with E-state index in [1.807, 2.05) is 24.3 Å². The Balaban J connectivity index is 1.75. The van der Waals surface area contributed by atoms with Gasteiger partial charge in [-0.25, -0.2) is 0 Å². The summed E-state index contributed by atoms with van der Waals surface area (Å²) < 4.78 is 0. The molecular formula is C18H23NO. The molecule has 0 heterocycles. The third kappa shape index (κ3) is 4.71. The Bertz CT molecular complexity index is 510. The van der Waals surface area contributed by atoms with E-state index in [9.17, 15) is 0 Å². The highest BCUT2D eigenvalue weighted by molar-refractivity contribution is 5.45. The molecule has 0 radical (unpaired) electrons. The zero-order chi connectivity index (χ0) is 14.2. The van der Waals surface area contributed by atoms with Crippen LogP contribution in [0.3, 0.4) is 0 Å². The SMILES string of the molecule is C[C@@H](CCc1ccccc1)CNc1cccc(CO)c1. The lowest BCUT2D eigenvalue weighted by atomic mass is 10.0. The summed E-state index contributed by atoms with van der Waals surface area (Å²) in [7, 11) is 0. The molecule has 0 bridgehead atoms. The van der Waals surface area contributed by atoms with Crippen molar-refractivity contribution in [3.63, 3.8) is 0 Å². The lowest BCUT2D eigenvalue weighted by Crippen LogP contribution is -2.12. The van der Waals surface area contributed by atoms with Gasteiger partial charge in [-0.3, -0.25) is 0 Å². The van der Waals surface area contributed by atoms with Gasteiger partial charge in [-0.05, 0) is 42.0 Å². The minimum Gasteiger partial charge on any atom is -0.392 e. The predicted octanol–water partition coefficient (Wildman–Crippen LogP) is 3.86. The van der Waals surface area contributed by atoms with Crippen molar-refractivity contribution >= 4 is 5.69 Å². The first-order valence-electron chi connectivity index (χ1n) is 7.25. The summed E-state index contributed by atoms with van der Waals surface area (Å²) in [5.41, 5.74) is 3.44. The minimum atomic E-state index is 0.0963. The Kier molecular flexibility index (Phi) is 5.63. The second-order valence-electron chi connectivity index (χ2n) is 5.37. The van der Waals surface area contributed by atoms with Crippen LogP contribution >= 0.6 is 0 Å². The van der Waals surface area contributed by atoms with E-state index in [1.165, 1.54) is 12.0 Å². The number of aliphatic hydroxyl groups excluding tert-OH is 1. The maximum atomic E-state index is 9.12. The molecule has 1 atom stereocenters. The Morgan fingerprint density at radius 1 is 1.00 bits per heavy atom. The van der Waals surface area contributed by atoms with E-state index in [2.05, 4.69) is 42.6 Å². The Labute approximate surface area is 121 Å². The van der Waals surface area contributed by atoms with Crippen LogP contribution in [0.4, 0.5) is 5.69 Å². The smallest absolute Gasteiger partial charge is 0.0682 e. The fourth-order valence-corrected chi connectivity index (χ4v) is 2.23. The summed E-state index contributed by atoms with van der Waals surface area (Å²) >= 11 is 0. The Morgan fingerprint density at radius 3 is 2.50 bits per heavy atom. The quantitative estimate of drug-likeness (QED) is 0.800. The van der Waals surface area contributed by atoms with Crippen LogP contribution in [0.5, 0.6) is 0 Å². The number of nitrogens with one attached hydrogen (secondary N) is 1. The largest absolute Gasteiger partial charge is 0.392 e. The summed E-state index contributed by atoms with van der Waals surface area (Å²) in [6.07, 6.45) is 2.30. The first-order valence-corrected chi connectivity index (χ1v) is 7.25. The topological polar surface area (TPSA) is 32.3 Å². The van der Waals surface area contributed by atoms with Crippen molar-refractivity contribution in [1.82, 2.24) is 0 Å². The molecular weight excluding hydrogens is 246 g/mol. The molecule has 2 aromatic rings. The molecule has 2 nitrogen and oxygen atoms in total. The lowest BCUT2D eigenvalue weighted by Gasteiger charge is -2.14. The van der Waals surface area contributed by atoms with Gasteiger partial charge in [0.05, 0.1) is 6.61 Å². The van der Waals surface area contributed by atoms with Crippen molar-refractivity contribution in [2.45, 2.75) is 26.4 Å². The molecule has 0 aromatic heterocycles. The summed E-state index contributed by atoms with van der Waals surface area (Å²) in [4.78, 5) is 0. The first-order chi connectivity index (χ1) is 9.78. The Hall–Kier alpha value is -1.80. The second-order valence-corrected chi connectivity index (χ2v) is 5.37. The third-order valence-electron chi connectivity index (χ3n) is 3.53. The standard InChI is InChI=1S/C18H23NO/c1-15(10-11-16-6-3-2-4-7-16)13-19-18-9-5-8-17(12-18)14-20/h2-9,12,15,19-20H,10-11,13-14H2,1H3/t15-/m0/s1. The van der Waals surface area contributed by atoms with Gasteiger partial charge < -0.3 is 10.4 Å². The fourth-order valence-electron chi connectivity index (χ4n) is 2.23. The molecule has 0 aliphatic rings. The average Bonchev–Trinajstić information content (AvgIpc) is 2.52. The van der Waals surface area contributed by atoms with E-state index in [4.69, 9.17) is 5.11 Å². The monoisotopic (exact) mass is 269 g/mol. The van der Waals surface area contributed by atoms with Gasteiger partial charge >= 0.3 is 0 Å². The number of aliphatic hydroxyl groups is 1. The van der Waals surface area contributed by atoms with Crippen LogP contribution in [0.25, 0.3) is 0 Å². The molecule has 2 heteroatoms. The predicted molar refractivity (Wildman–Crippen MR) is 84.8 cm³/mol. The van der Waals surface area contributed by atoms with Gasteiger partial charge in [-0.1, -0.05) is 49.4 Å². The number of rotatable bonds is 7. The van der Waals surface area contributed by atoms with Gasteiger partial charge in [0.25, 0.3) is 0 Å². The normalized spacial score (nSPS) is 12.1. The number of aryl methyl sites for hydroxylation is 1. The fraction of sp³-hybridized carbons (Fsp3) is 0.333. The summed E-state index contributed by atoms with van der Waals surface area (Å²) in [5.74, 6) is 0.619. The van der Waals surface area contributed by atoms with E-state index in [0.29, 0.717) is 5.92 Å². The maximum absolute atomic E-state index is 9.12. The van der Waals surface area contributed by atoms with Crippen LogP contribution in [0.15, 0.2) is 54.6 Å². The van der Waals surface area contributed by atoms with Gasteiger partial charge in [-0.2, -0.15) is 0 Å². The average molecular weight is 269 g/mol. The molecule has 0 fully saturated rings. The van der Waals surface area contributed by atoms with Gasteiger partial charge in [0.15, 0.2) is 0 Å². The lowest BCUT2D eigenvalue weighted by molar-refractivity contribution is 0.282. The van der Waals surface area contributed by atoms with Crippen molar-refractivity contribution in [2.24, 2.45) is 5.92 Å². The number of anilines is 1. The molecule has 0 saturated heterocycles. The van der Waals surface area contributed by atoms with Gasteiger partial charge in [0.2, 0.25) is 0 Å². The highest BCUT2D eigenvalue weighted by Gasteiger charge is 2.03. The first kappa shape index (κ1) is 14.6. The Morgan fingerprint density at radius 2 is 1.75 bits per heavy atom. The zero-order valence-electron chi connectivity index (χ0n) is 12.0. The molecule has 2 aromatic carbocycles. The van der Waals surface area contributed by atoms with Crippen LogP contribution in [0, 0.1) is 5.92 Å². The van der Waals surface area contributed by atoms with Gasteiger partial charge in [0.1, 0.15) is 0 Å². The van der Waals surface area contributed by atoms with Crippen molar-refractivity contribution in [1.29, 1.82) is 0 Å². The number of benzene rings is 2. The van der Waals surface area contributed by atoms with Crippen LogP contribution < -0.4 is 5.32 Å².